The number of hydrogen-bond donors (Lipinski definition) is 0. The Morgan fingerprint density at radius 2 is 1.72 bits per heavy atom. The van der Waals surface area contributed by atoms with Gasteiger partial charge in [0.15, 0.2) is 5.78 Å². The summed E-state index contributed by atoms with van der Waals surface area (Å²) in [6, 6.07) is 18.8. The number of aromatic nitrogens is 1. The van der Waals surface area contributed by atoms with E-state index in [0.717, 1.165) is 16.5 Å². The number of piperidine rings is 1. The molecule has 4 rings (SSSR count). The number of carbonyl (C=O) groups is 2. The average molecular weight is 405 g/mol. The molecule has 0 bridgehead atoms. The van der Waals surface area contributed by atoms with Crippen LogP contribution in [0.15, 0.2) is 66.7 Å². The first kappa shape index (κ1) is 19.3. The third-order valence-corrected chi connectivity index (χ3v) is 5.54. The number of rotatable bonds is 4. The fraction of sp³-hybridized carbons (Fsp3) is 0.208. The van der Waals surface area contributed by atoms with Gasteiger partial charge in [-0.3, -0.25) is 9.59 Å². The van der Waals surface area contributed by atoms with Gasteiger partial charge in [-0.1, -0.05) is 54.1 Å². The Morgan fingerprint density at radius 1 is 1.00 bits per heavy atom. The summed E-state index contributed by atoms with van der Waals surface area (Å²) in [4.78, 5) is 31.5. The topological polar surface area (TPSA) is 50.3 Å². The first-order valence-corrected chi connectivity index (χ1v) is 10.1. The number of ketones is 1. The number of amides is 1. The van der Waals surface area contributed by atoms with E-state index in [0.29, 0.717) is 36.6 Å². The molecule has 1 aromatic heterocycles. The van der Waals surface area contributed by atoms with Crippen LogP contribution in [0, 0.1) is 5.92 Å². The van der Waals surface area contributed by atoms with Gasteiger partial charge in [-0.2, -0.15) is 0 Å². The molecule has 0 radical (unpaired) electrons. The summed E-state index contributed by atoms with van der Waals surface area (Å²) in [5, 5.41) is 1.64. The SMILES string of the molecule is O=C(c1ccccc1)C1CCN(C(=O)/C=C/c2ccc3ccc(Cl)cc3n2)CC1. The van der Waals surface area contributed by atoms with E-state index in [1.807, 2.05) is 60.7 Å². The Morgan fingerprint density at radius 3 is 2.48 bits per heavy atom. The van der Waals surface area contributed by atoms with Crippen LogP contribution in [0.25, 0.3) is 17.0 Å². The van der Waals surface area contributed by atoms with Gasteiger partial charge in [-0.25, -0.2) is 4.98 Å². The van der Waals surface area contributed by atoms with Crippen molar-refractivity contribution in [3.05, 3.63) is 83.0 Å². The lowest BCUT2D eigenvalue weighted by molar-refractivity contribution is -0.127. The molecule has 0 unspecified atom stereocenters. The maximum atomic E-state index is 12.6. The predicted octanol–water partition coefficient (Wildman–Crippen LogP) is 5.02. The van der Waals surface area contributed by atoms with Gasteiger partial charge in [0.2, 0.25) is 5.91 Å². The van der Waals surface area contributed by atoms with E-state index in [-0.39, 0.29) is 17.6 Å². The van der Waals surface area contributed by atoms with E-state index in [1.165, 1.54) is 0 Å². The van der Waals surface area contributed by atoms with E-state index in [2.05, 4.69) is 4.98 Å². The van der Waals surface area contributed by atoms with Crippen molar-refractivity contribution >= 4 is 40.3 Å². The van der Waals surface area contributed by atoms with Gasteiger partial charge in [0.1, 0.15) is 0 Å². The third kappa shape index (κ3) is 4.54. The maximum absolute atomic E-state index is 12.6. The zero-order chi connectivity index (χ0) is 20.2. The molecule has 4 nitrogen and oxygen atoms in total. The smallest absolute Gasteiger partial charge is 0.246 e. The summed E-state index contributed by atoms with van der Waals surface area (Å²) in [6.45, 7) is 1.18. The van der Waals surface area contributed by atoms with Crippen LogP contribution in [0.4, 0.5) is 0 Å². The minimum Gasteiger partial charge on any atom is -0.339 e. The lowest BCUT2D eigenvalue weighted by atomic mass is 9.89. The fourth-order valence-corrected chi connectivity index (χ4v) is 3.83. The molecule has 0 atom stereocenters. The van der Waals surface area contributed by atoms with Crippen molar-refractivity contribution in [3.8, 4) is 0 Å². The van der Waals surface area contributed by atoms with Crippen molar-refractivity contribution in [2.75, 3.05) is 13.1 Å². The number of nitrogens with zero attached hydrogens (tertiary/aromatic N) is 2. The number of likely N-dealkylation sites (tertiary alicyclic amines) is 1. The number of pyridine rings is 1. The molecular formula is C24H21ClN2O2. The van der Waals surface area contributed by atoms with Gasteiger partial charge in [0, 0.05) is 41.1 Å². The minimum atomic E-state index is -0.0522. The van der Waals surface area contributed by atoms with Crippen LogP contribution < -0.4 is 0 Å². The van der Waals surface area contributed by atoms with Crippen molar-refractivity contribution in [2.45, 2.75) is 12.8 Å². The molecular weight excluding hydrogens is 384 g/mol. The van der Waals surface area contributed by atoms with Gasteiger partial charge in [0.05, 0.1) is 11.2 Å². The monoisotopic (exact) mass is 404 g/mol. The van der Waals surface area contributed by atoms with Gasteiger partial charge >= 0.3 is 0 Å². The number of fused-ring (bicyclic) bond motifs is 1. The third-order valence-electron chi connectivity index (χ3n) is 5.31. The standard InChI is InChI=1S/C24H21ClN2O2/c25-20-8-6-17-7-9-21(26-22(17)16-20)10-11-23(28)27-14-12-19(13-15-27)24(29)18-4-2-1-3-5-18/h1-11,16,19H,12-15H2/b11-10+. The van der Waals surface area contributed by atoms with Crippen LogP contribution >= 0.6 is 11.6 Å². The Kier molecular flexibility index (Phi) is 5.72. The molecule has 0 N–H and O–H groups in total. The molecule has 2 aromatic carbocycles. The van der Waals surface area contributed by atoms with Crippen LogP contribution in [0.1, 0.15) is 28.9 Å². The molecule has 0 saturated carbocycles. The Bertz CT molecular complexity index is 1070. The average Bonchev–Trinajstić information content (AvgIpc) is 2.77. The second-order valence-electron chi connectivity index (χ2n) is 7.24. The van der Waals surface area contributed by atoms with Crippen LogP contribution in [-0.2, 0) is 4.79 Å². The molecule has 0 spiro atoms. The zero-order valence-electron chi connectivity index (χ0n) is 15.9. The second-order valence-corrected chi connectivity index (χ2v) is 7.67. The van der Waals surface area contributed by atoms with E-state index in [4.69, 9.17) is 11.6 Å². The first-order valence-electron chi connectivity index (χ1n) is 9.73. The van der Waals surface area contributed by atoms with E-state index in [1.54, 1.807) is 17.1 Å². The maximum Gasteiger partial charge on any atom is 0.246 e. The molecule has 5 heteroatoms. The van der Waals surface area contributed by atoms with Crippen LogP contribution in [0.3, 0.4) is 0 Å². The lowest BCUT2D eigenvalue weighted by Gasteiger charge is -2.30. The molecule has 1 fully saturated rings. The molecule has 146 valence electrons. The second kappa shape index (κ2) is 8.58. The number of Topliss-reactive ketones (excluding diaryl/α,β-unsaturated/α-hetero) is 1. The Balaban J connectivity index is 1.37. The van der Waals surface area contributed by atoms with Crippen LogP contribution in [-0.4, -0.2) is 34.7 Å². The summed E-state index contributed by atoms with van der Waals surface area (Å²) in [7, 11) is 0. The molecule has 1 saturated heterocycles. The molecule has 29 heavy (non-hydrogen) atoms. The Labute approximate surface area is 174 Å². The molecule has 3 aromatic rings. The van der Waals surface area contributed by atoms with E-state index >= 15 is 0 Å². The highest BCUT2D eigenvalue weighted by molar-refractivity contribution is 6.31. The van der Waals surface area contributed by atoms with Crippen LogP contribution in [0.2, 0.25) is 5.02 Å². The van der Waals surface area contributed by atoms with Crippen molar-refractivity contribution in [3.63, 3.8) is 0 Å². The molecule has 1 aliphatic heterocycles. The normalized spacial score (nSPS) is 15.1. The summed E-state index contributed by atoms with van der Waals surface area (Å²) in [5.41, 5.74) is 2.26. The largest absolute Gasteiger partial charge is 0.339 e. The first-order chi connectivity index (χ1) is 14.1. The summed E-state index contributed by atoms with van der Waals surface area (Å²) in [5.74, 6) is 0.105. The van der Waals surface area contributed by atoms with Gasteiger partial charge in [-0.05, 0) is 37.1 Å². The quantitative estimate of drug-likeness (QED) is 0.453. The number of carbonyl (C=O) groups excluding carboxylic acids is 2. The van der Waals surface area contributed by atoms with Crippen molar-refractivity contribution in [1.82, 2.24) is 9.88 Å². The van der Waals surface area contributed by atoms with Crippen molar-refractivity contribution in [1.29, 1.82) is 0 Å². The molecule has 1 amide bonds. The highest BCUT2D eigenvalue weighted by Crippen LogP contribution is 2.22. The lowest BCUT2D eigenvalue weighted by Crippen LogP contribution is -2.39. The van der Waals surface area contributed by atoms with Gasteiger partial charge in [0.25, 0.3) is 0 Å². The fourth-order valence-electron chi connectivity index (χ4n) is 3.66. The minimum absolute atomic E-state index is 0.0164. The molecule has 2 heterocycles. The van der Waals surface area contributed by atoms with Crippen molar-refractivity contribution < 1.29 is 9.59 Å². The van der Waals surface area contributed by atoms with E-state index < -0.39 is 0 Å². The van der Waals surface area contributed by atoms with Gasteiger partial charge in [-0.15, -0.1) is 0 Å². The summed E-state index contributed by atoms with van der Waals surface area (Å²) < 4.78 is 0. The number of halogens is 1. The highest BCUT2D eigenvalue weighted by atomic mass is 35.5. The zero-order valence-corrected chi connectivity index (χ0v) is 16.7. The van der Waals surface area contributed by atoms with Crippen molar-refractivity contribution in [2.24, 2.45) is 5.92 Å². The molecule has 1 aliphatic rings. The summed E-state index contributed by atoms with van der Waals surface area (Å²) >= 11 is 6.03. The summed E-state index contributed by atoms with van der Waals surface area (Å²) in [6.07, 6.45) is 4.67. The van der Waals surface area contributed by atoms with Gasteiger partial charge < -0.3 is 4.90 Å². The molecule has 0 aliphatic carbocycles. The number of hydrogen-bond acceptors (Lipinski definition) is 3. The van der Waals surface area contributed by atoms with Crippen LogP contribution in [0.5, 0.6) is 0 Å². The Hall–Kier alpha value is -2.98. The van der Waals surface area contributed by atoms with E-state index in [9.17, 15) is 9.59 Å². The number of benzene rings is 2. The predicted molar refractivity (Wildman–Crippen MR) is 116 cm³/mol. The highest BCUT2D eigenvalue weighted by Gasteiger charge is 2.27.